The Bertz CT molecular complexity index is 1840. The van der Waals surface area contributed by atoms with E-state index >= 15 is 0 Å². The summed E-state index contributed by atoms with van der Waals surface area (Å²) in [6.07, 6.45) is 0.682. The second kappa shape index (κ2) is 73.6. The number of rotatable bonds is 50. The SMILES string of the molecule is CC(=O)C[N+](C)(C)C.CC(O)C[N+](C)(CC(C)O)CC(C)O.CC(O)C[N+](C)(CCO)CCO.CCCC[N+](C)(CCO)CCO.CC[N+](C)(CC)CC#CCOCCOC.CC[N+](C)(CC)CC(C)=O.CC[N+](C)(CC)CCOCCO.C[N+](C)(C)CCOCCO.C[N+](CCO)(CCO)CCO. The zero-order valence-corrected chi connectivity index (χ0v) is 72.6. The van der Waals surface area contributed by atoms with Gasteiger partial charge in [0.15, 0.2) is 11.6 Å². The van der Waals surface area contributed by atoms with Crippen molar-refractivity contribution in [3.05, 3.63) is 0 Å². The van der Waals surface area contributed by atoms with E-state index in [1.807, 2.05) is 42.3 Å². The van der Waals surface area contributed by atoms with Crippen LogP contribution in [0.1, 0.15) is 103 Å². The number of ketones is 2. The number of hydrogen-bond acceptors (Lipinski definition) is 19. The number of aliphatic hydroxyl groups excluding tert-OH is 13. The number of quaternary nitrogens is 9. The molecule has 104 heavy (non-hydrogen) atoms. The molecule has 0 aliphatic rings. The number of nitrogens with zero attached hydrogens (tertiary/aromatic N) is 9. The van der Waals surface area contributed by atoms with Crippen LogP contribution in [-0.4, -0.2) is 498 Å². The van der Waals surface area contributed by atoms with Gasteiger partial charge in [-0.2, -0.15) is 0 Å². The lowest BCUT2D eigenvalue weighted by molar-refractivity contribution is -0.917. The third-order valence-corrected chi connectivity index (χ3v) is 17.6. The Morgan fingerprint density at radius 1 is 0.327 bits per heavy atom. The van der Waals surface area contributed by atoms with Gasteiger partial charge in [0.25, 0.3) is 0 Å². The topological polar surface area (TPSA) is 334 Å². The average molecular weight is 1520 g/mol. The van der Waals surface area contributed by atoms with Gasteiger partial charge in [-0.25, -0.2) is 0 Å². The number of Topliss-reactive ketones (excluding diaryl/α,β-unsaturated/α-hetero) is 2. The third kappa shape index (κ3) is 92.2. The van der Waals surface area contributed by atoms with Crippen molar-refractivity contribution < 1.29 is 135 Å². The van der Waals surface area contributed by atoms with Crippen LogP contribution in [0.3, 0.4) is 0 Å². The average Bonchev–Trinajstić information content (AvgIpc) is 0.883. The first kappa shape index (κ1) is 120. The van der Waals surface area contributed by atoms with E-state index in [-0.39, 0.29) is 71.0 Å². The quantitative estimate of drug-likeness (QED) is 0.0211. The minimum atomic E-state index is -0.419. The van der Waals surface area contributed by atoms with Gasteiger partial charge in [0, 0.05) is 21.0 Å². The maximum Gasteiger partial charge on any atom is 0.183 e. The molecule has 0 aromatic heterocycles. The zero-order valence-electron chi connectivity index (χ0n) is 72.6. The molecule has 0 amide bonds. The first-order valence-electron chi connectivity index (χ1n) is 38.4. The van der Waals surface area contributed by atoms with Gasteiger partial charge < -0.3 is 126 Å². The van der Waals surface area contributed by atoms with Gasteiger partial charge >= 0.3 is 0 Å². The van der Waals surface area contributed by atoms with Crippen LogP contribution in [0, 0.1) is 11.8 Å². The number of carbonyl (C=O) groups excluding carboxylic acids is 2. The number of hydrogen-bond donors (Lipinski definition) is 13. The monoisotopic (exact) mass is 1520 g/mol. The van der Waals surface area contributed by atoms with Crippen LogP contribution in [0.15, 0.2) is 0 Å². The van der Waals surface area contributed by atoms with E-state index in [2.05, 4.69) is 110 Å². The second-order valence-corrected chi connectivity index (χ2v) is 31.5. The Morgan fingerprint density at radius 2 is 0.644 bits per heavy atom. The summed E-state index contributed by atoms with van der Waals surface area (Å²) in [6, 6.07) is 0. The summed E-state index contributed by atoms with van der Waals surface area (Å²) >= 11 is 0. The molecular weight excluding hydrogens is 1340 g/mol. The zero-order chi connectivity index (χ0) is 83.2. The Balaban J connectivity index is -0.000000140. The molecule has 0 rings (SSSR count). The van der Waals surface area contributed by atoms with E-state index in [9.17, 15) is 24.9 Å². The predicted octanol–water partition coefficient (Wildman–Crippen LogP) is -0.333. The summed E-state index contributed by atoms with van der Waals surface area (Å²) < 4.78 is 27.3. The highest BCUT2D eigenvalue weighted by Crippen LogP contribution is 2.10. The van der Waals surface area contributed by atoms with Gasteiger partial charge in [0.1, 0.15) is 136 Å². The Hall–Kier alpha value is -2.14. The number of carbonyl (C=O) groups is 2. The molecule has 13 N–H and O–H groups in total. The molecule has 0 bridgehead atoms. The third-order valence-electron chi connectivity index (χ3n) is 17.6. The molecule has 0 aliphatic carbocycles. The Labute approximate surface area is 638 Å². The maximum absolute atomic E-state index is 10.8. The van der Waals surface area contributed by atoms with E-state index in [0.717, 1.165) is 125 Å². The minimum absolute atomic E-state index is 0.0865. The molecule has 28 heteroatoms. The van der Waals surface area contributed by atoms with Gasteiger partial charge in [-0.1, -0.05) is 19.3 Å². The Kier molecular flexibility index (Phi) is 85.1. The van der Waals surface area contributed by atoms with Crippen LogP contribution < -0.4 is 0 Å². The molecule has 0 aromatic rings. The van der Waals surface area contributed by atoms with Crippen LogP contribution >= 0.6 is 0 Å². The fourth-order valence-electron chi connectivity index (χ4n) is 10.1. The normalized spacial score (nSPS) is 13.5. The number of likely N-dealkylation sites (N-methyl/N-ethyl adjacent to an activating group) is 8. The molecule has 634 valence electrons. The minimum Gasteiger partial charge on any atom is -0.394 e. The summed E-state index contributed by atoms with van der Waals surface area (Å²) in [5, 5.41) is 115. The van der Waals surface area contributed by atoms with Gasteiger partial charge in [-0.15, -0.1) is 0 Å². The standard InChI is InChI=1S/C12H24NO2.C10H24NO3.2C9H22NO2.C8H20NO3.C8H18NO.C7H18NO3.C7H18NO2.C6H14NO/c1-5-13(3,6-2)9-7-8-10-15-12-11-14-4;1-8(12)5-11(4,6-9(2)13)7-10(3)14;1-4-10(3,5-2)6-8-12-9-7-11;1-3-4-5-10(2,6-8-11)7-9-12;1-8(12)7-9(2,3-5-10)4-6-11;1-5-9(4,6-2)7-8(3)10;1-8(2-5-9,3-6-10)4-7-11;1-8(2,3)4-6-10-7-5-9;1-6(8)5-7(2,3)4/h5-6,9-12H2,1-4H3;8-10,12-14H,5-7H2,1-4H3;11H,4-9H2,1-3H3;11-12H,3-9H2,1-2H3;8,10-12H,3-7H2,1-2H3;5-7H2,1-4H3;9-11H,2-7H2,1H3;9H,4-7H2,1-3H3;5H2,1-4H3/q9*+1. The fourth-order valence-corrected chi connectivity index (χ4v) is 10.1. The van der Waals surface area contributed by atoms with E-state index in [1.54, 1.807) is 48.7 Å². The summed E-state index contributed by atoms with van der Waals surface area (Å²) in [4.78, 5) is 21.2. The van der Waals surface area contributed by atoms with Crippen molar-refractivity contribution >= 4 is 11.6 Å². The van der Waals surface area contributed by atoms with Gasteiger partial charge in [-0.05, 0) is 81.6 Å². The van der Waals surface area contributed by atoms with E-state index in [0.29, 0.717) is 118 Å². The molecule has 0 spiro atoms. The van der Waals surface area contributed by atoms with Crippen molar-refractivity contribution in [2.24, 2.45) is 0 Å². The molecule has 0 aliphatic heterocycles. The van der Waals surface area contributed by atoms with Crippen LogP contribution in [0.2, 0.25) is 0 Å². The van der Waals surface area contributed by atoms with E-state index < -0.39 is 24.4 Å². The van der Waals surface area contributed by atoms with Crippen molar-refractivity contribution in [1.82, 2.24) is 0 Å². The lowest BCUT2D eigenvalue weighted by atomic mass is 10.2. The lowest BCUT2D eigenvalue weighted by Gasteiger charge is -2.37. The van der Waals surface area contributed by atoms with Crippen molar-refractivity contribution in [2.75, 3.05) is 355 Å². The Morgan fingerprint density at radius 3 is 0.894 bits per heavy atom. The first-order valence-corrected chi connectivity index (χ1v) is 38.4. The fraction of sp³-hybridized carbons (Fsp3) is 0.947. The predicted molar refractivity (Wildman–Crippen MR) is 424 cm³/mol. The first-order chi connectivity index (χ1) is 48.0. The lowest BCUT2D eigenvalue weighted by Crippen LogP contribution is -2.54. The maximum atomic E-state index is 10.8. The number of unbranched alkanes of at least 4 members (excludes halogenated alkanes) is 1. The number of methoxy groups -OCH3 is 1. The highest BCUT2D eigenvalue weighted by molar-refractivity contribution is 5.76. The molecule has 0 saturated carbocycles. The highest BCUT2D eigenvalue weighted by atomic mass is 16.5. The van der Waals surface area contributed by atoms with Crippen molar-refractivity contribution in [3.8, 4) is 11.8 Å². The molecular formula is C76H180N9O19+9. The molecule has 0 heterocycles. The summed E-state index contributed by atoms with van der Waals surface area (Å²) in [5.74, 6) is 6.72. The molecule has 0 fully saturated rings. The molecule has 28 nitrogen and oxygen atoms in total. The van der Waals surface area contributed by atoms with Crippen molar-refractivity contribution in [1.29, 1.82) is 0 Å². The van der Waals surface area contributed by atoms with E-state index in [4.69, 9.17) is 70.0 Å². The van der Waals surface area contributed by atoms with Gasteiger partial charge in [0.2, 0.25) is 0 Å². The van der Waals surface area contributed by atoms with Crippen molar-refractivity contribution in [2.45, 2.75) is 127 Å². The van der Waals surface area contributed by atoms with Crippen LogP contribution in [-0.2, 0) is 28.5 Å². The van der Waals surface area contributed by atoms with Gasteiger partial charge in [-0.3, -0.25) is 9.59 Å². The molecule has 4 unspecified atom stereocenters. The summed E-state index contributed by atoms with van der Waals surface area (Å²) in [5.41, 5.74) is 0. The smallest absolute Gasteiger partial charge is 0.183 e. The van der Waals surface area contributed by atoms with Crippen LogP contribution in [0.5, 0.6) is 0 Å². The molecule has 0 radical (unpaired) electrons. The van der Waals surface area contributed by atoms with Gasteiger partial charge in [0.05, 0.1) is 237 Å². The van der Waals surface area contributed by atoms with Crippen LogP contribution in [0.4, 0.5) is 0 Å². The van der Waals surface area contributed by atoms with Crippen molar-refractivity contribution in [3.63, 3.8) is 0 Å². The second-order valence-electron chi connectivity index (χ2n) is 31.5. The van der Waals surface area contributed by atoms with E-state index in [1.165, 1.54) is 6.42 Å². The summed E-state index contributed by atoms with van der Waals surface area (Å²) in [6.45, 7) is 49.1. The van der Waals surface area contributed by atoms with Crippen LogP contribution in [0.25, 0.3) is 0 Å². The highest BCUT2D eigenvalue weighted by Gasteiger charge is 2.28. The largest absolute Gasteiger partial charge is 0.394 e. The summed E-state index contributed by atoms with van der Waals surface area (Å²) in [7, 11) is 28.4. The molecule has 0 saturated heterocycles. The molecule has 4 atom stereocenters. The number of aliphatic hydroxyl groups is 13. The number of ether oxygens (including phenoxy) is 4. The molecule has 0 aromatic carbocycles.